The Morgan fingerprint density at radius 2 is 2.35 bits per heavy atom. The standard InChI is InChI=1S/C18H24N4O4/c1-25-16-4-2-3-14(11-22-8-6-20-15(12-22)18(23)24)17(16)26-10-9-21-7-5-19-13-21/h2-5,7,13,15,20H,6,8-12H2,1H3,(H,23,24)/t15-/m1/s1. The molecule has 8 nitrogen and oxygen atoms in total. The normalized spacial score (nSPS) is 17.8. The molecule has 0 aliphatic carbocycles. The molecule has 2 heterocycles. The molecule has 0 amide bonds. The van der Waals surface area contributed by atoms with Crippen molar-refractivity contribution in [1.29, 1.82) is 0 Å². The zero-order valence-electron chi connectivity index (χ0n) is 14.8. The molecular formula is C18H24N4O4. The van der Waals surface area contributed by atoms with E-state index in [4.69, 9.17) is 9.47 Å². The number of hydrogen-bond donors (Lipinski definition) is 2. The first-order valence-corrected chi connectivity index (χ1v) is 8.60. The second-order valence-electron chi connectivity index (χ2n) is 6.18. The van der Waals surface area contributed by atoms with Crippen molar-refractivity contribution in [1.82, 2.24) is 19.8 Å². The fraction of sp³-hybridized carbons (Fsp3) is 0.444. The number of carboxylic acids is 1. The third-order valence-electron chi connectivity index (χ3n) is 4.39. The van der Waals surface area contributed by atoms with Gasteiger partial charge in [0.2, 0.25) is 0 Å². The first-order valence-electron chi connectivity index (χ1n) is 8.60. The molecule has 3 rings (SSSR count). The number of carbonyl (C=O) groups is 1. The smallest absolute Gasteiger partial charge is 0.322 e. The van der Waals surface area contributed by atoms with Gasteiger partial charge in [-0.05, 0) is 6.07 Å². The summed E-state index contributed by atoms with van der Waals surface area (Å²) >= 11 is 0. The van der Waals surface area contributed by atoms with Gasteiger partial charge >= 0.3 is 5.97 Å². The van der Waals surface area contributed by atoms with E-state index in [0.717, 1.165) is 12.1 Å². The van der Waals surface area contributed by atoms with Crippen molar-refractivity contribution in [3.8, 4) is 11.5 Å². The Hall–Kier alpha value is -2.58. The number of carboxylic acid groups (broad SMARTS) is 1. The van der Waals surface area contributed by atoms with E-state index in [-0.39, 0.29) is 0 Å². The third-order valence-corrected chi connectivity index (χ3v) is 4.39. The summed E-state index contributed by atoms with van der Waals surface area (Å²) in [6.45, 7) is 3.69. The van der Waals surface area contributed by atoms with Crippen LogP contribution in [0.5, 0.6) is 11.5 Å². The Bertz CT molecular complexity index is 720. The van der Waals surface area contributed by atoms with Crippen LogP contribution in [0.4, 0.5) is 0 Å². The second kappa shape index (κ2) is 8.68. The molecule has 1 aromatic heterocycles. The fourth-order valence-electron chi connectivity index (χ4n) is 3.04. The van der Waals surface area contributed by atoms with Crippen molar-refractivity contribution in [3.63, 3.8) is 0 Å². The molecule has 2 N–H and O–H groups in total. The van der Waals surface area contributed by atoms with Gasteiger partial charge in [0, 0.05) is 44.1 Å². The van der Waals surface area contributed by atoms with Gasteiger partial charge in [-0.1, -0.05) is 12.1 Å². The van der Waals surface area contributed by atoms with Gasteiger partial charge in [-0.2, -0.15) is 0 Å². The molecule has 0 bridgehead atoms. The van der Waals surface area contributed by atoms with Gasteiger partial charge in [0.05, 0.1) is 20.0 Å². The lowest BCUT2D eigenvalue weighted by molar-refractivity contribution is -0.140. The summed E-state index contributed by atoms with van der Waals surface area (Å²) in [5.74, 6) is 0.565. The number of rotatable bonds is 8. The summed E-state index contributed by atoms with van der Waals surface area (Å²) in [4.78, 5) is 17.4. The number of methoxy groups -OCH3 is 1. The van der Waals surface area contributed by atoms with Crippen LogP contribution in [0.15, 0.2) is 36.9 Å². The lowest BCUT2D eigenvalue weighted by Crippen LogP contribution is -2.53. The summed E-state index contributed by atoms with van der Waals surface area (Å²) in [5, 5.41) is 12.2. The van der Waals surface area contributed by atoms with Gasteiger partial charge in [-0.25, -0.2) is 4.98 Å². The number of benzene rings is 1. The predicted molar refractivity (Wildman–Crippen MR) is 95.4 cm³/mol. The highest BCUT2D eigenvalue weighted by molar-refractivity contribution is 5.73. The number of hydrogen-bond acceptors (Lipinski definition) is 6. The van der Waals surface area contributed by atoms with Crippen LogP contribution in [0.25, 0.3) is 0 Å². The first kappa shape index (κ1) is 18.2. The maximum absolute atomic E-state index is 11.2. The van der Waals surface area contributed by atoms with E-state index in [0.29, 0.717) is 44.3 Å². The molecular weight excluding hydrogens is 336 g/mol. The number of ether oxygens (including phenoxy) is 2. The monoisotopic (exact) mass is 360 g/mol. The van der Waals surface area contributed by atoms with Crippen molar-refractivity contribution >= 4 is 5.97 Å². The summed E-state index contributed by atoms with van der Waals surface area (Å²) in [7, 11) is 1.62. The van der Waals surface area contributed by atoms with Crippen LogP contribution in [0.2, 0.25) is 0 Å². The van der Waals surface area contributed by atoms with Crippen LogP contribution in [0.3, 0.4) is 0 Å². The molecule has 140 valence electrons. The van der Waals surface area contributed by atoms with Crippen LogP contribution in [-0.4, -0.2) is 64.9 Å². The summed E-state index contributed by atoms with van der Waals surface area (Å²) in [5.41, 5.74) is 0.987. The molecule has 1 fully saturated rings. The average molecular weight is 360 g/mol. The SMILES string of the molecule is COc1cccc(CN2CCN[C@@H](C(=O)O)C2)c1OCCn1ccnc1. The highest BCUT2D eigenvalue weighted by atomic mass is 16.5. The largest absolute Gasteiger partial charge is 0.493 e. The predicted octanol–water partition coefficient (Wildman–Crippen LogP) is 0.829. The van der Waals surface area contributed by atoms with Gasteiger partial charge in [-0.15, -0.1) is 0 Å². The topological polar surface area (TPSA) is 88.9 Å². The second-order valence-corrected chi connectivity index (χ2v) is 6.18. The van der Waals surface area contributed by atoms with Crippen molar-refractivity contribution in [2.24, 2.45) is 0 Å². The fourth-order valence-corrected chi connectivity index (χ4v) is 3.04. The maximum atomic E-state index is 11.2. The van der Waals surface area contributed by atoms with Crippen molar-refractivity contribution in [3.05, 3.63) is 42.5 Å². The molecule has 0 saturated carbocycles. The van der Waals surface area contributed by atoms with E-state index in [1.165, 1.54) is 0 Å². The Labute approximate surface area is 152 Å². The minimum atomic E-state index is -0.822. The van der Waals surface area contributed by atoms with Crippen molar-refractivity contribution in [2.75, 3.05) is 33.4 Å². The number of nitrogens with one attached hydrogen (secondary N) is 1. The van der Waals surface area contributed by atoms with Crippen LogP contribution < -0.4 is 14.8 Å². The molecule has 0 radical (unpaired) electrons. The molecule has 26 heavy (non-hydrogen) atoms. The highest BCUT2D eigenvalue weighted by Crippen LogP contribution is 2.32. The number of piperazine rings is 1. The zero-order chi connectivity index (χ0) is 18.4. The lowest BCUT2D eigenvalue weighted by Gasteiger charge is -2.32. The van der Waals surface area contributed by atoms with Gasteiger partial charge in [0.1, 0.15) is 12.6 Å². The van der Waals surface area contributed by atoms with Crippen LogP contribution >= 0.6 is 0 Å². The first-order chi connectivity index (χ1) is 12.7. The van der Waals surface area contributed by atoms with Gasteiger partial charge in [-0.3, -0.25) is 9.69 Å². The van der Waals surface area contributed by atoms with E-state index >= 15 is 0 Å². The third kappa shape index (κ3) is 4.53. The summed E-state index contributed by atoms with van der Waals surface area (Å²) in [6.07, 6.45) is 5.37. The molecule has 0 unspecified atom stereocenters. The number of aromatic nitrogens is 2. The van der Waals surface area contributed by atoms with E-state index in [9.17, 15) is 9.90 Å². The summed E-state index contributed by atoms with van der Waals surface area (Å²) < 4.78 is 13.4. The summed E-state index contributed by atoms with van der Waals surface area (Å²) in [6, 6.07) is 5.24. The average Bonchev–Trinajstić information content (AvgIpc) is 3.16. The molecule has 1 saturated heterocycles. The number of aliphatic carboxylic acids is 1. The number of para-hydroxylation sites is 1. The molecule has 8 heteroatoms. The Kier molecular flexibility index (Phi) is 6.08. The molecule has 0 spiro atoms. The molecule has 1 aromatic carbocycles. The zero-order valence-corrected chi connectivity index (χ0v) is 14.8. The number of nitrogens with zero attached hydrogens (tertiary/aromatic N) is 3. The number of imidazole rings is 1. The van der Waals surface area contributed by atoms with E-state index < -0.39 is 12.0 Å². The minimum Gasteiger partial charge on any atom is -0.493 e. The van der Waals surface area contributed by atoms with Gasteiger partial charge in [0.25, 0.3) is 0 Å². The Morgan fingerprint density at radius 1 is 1.46 bits per heavy atom. The molecule has 1 atom stereocenters. The molecule has 1 aliphatic rings. The van der Waals surface area contributed by atoms with Crippen LogP contribution in [-0.2, 0) is 17.9 Å². The Morgan fingerprint density at radius 3 is 3.08 bits per heavy atom. The van der Waals surface area contributed by atoms with Gasteiger partial charge < -0.3 is 24.5 Å². The van der Waals surface area contributed by atoms with Crippen LogP contribution in [0.1, 0.15) is 5.56 Å². The Balaban J connectivity index is 1.68. The van der Waals surface area contributed by atoms with E-state index in [1.54, 1.807) is 19.6 Å². The molecule has 2 aromatic rings. The van der Waals surface area contributed by atoms with Crippen molar-refractivity contribution in [2.45, 2.75) is 19.1 Å². The minimum absolute atomic E-state index is 0.459. The lowest BCUT2D eigenvalue weighted by atomic mass is 10.1. The maximum Gasteiger partial charge on any atom is 0.322 e. The molecule has 1 aliphatic heterocycles. The quantitative estimate of drug-likeness (QED) is 0.721. The van der Waals surface area contributed by atoms with Gasteiger partial charge in [0.15, 0.2) is 11.5 Å². The van der Waals surface area contributed by atoms with Crippen LogP contribution in [0, 0.1) is 0 Å². The highest BCUT2D eigenvalue weighted by Gasteiger charge is 2.25. The van der Waals surface area contributed by atoms with E-state index in [1.807, 2.05) is 29.0 Å². The van der Waals surface area contributed by atoms with E-state index in [2.05, 4.69) is 15.2 Å². The van der Waals surface area contributed by atoms with Crippen molar-refractivity contribution < 1.29 is 19.4 Å².